The van der Waals surface area contributed by atoms with Crippen LogP contribution in [0.5, 0.6) is 0 Å². The van der Waals surface area contributed by atoms with Gasteiger partial charge in [0.05, 0.1) is 0 Å². The summed E-state index contributed by atoms with van der Waals surface area (Å²) in [5.41, 5.74) is 0.316. The van der Waals surface area contributed by atoms with Crippen molar-refractivity contribution in [1.29, 1.82) is 0 Å². The fraction of sp³-hybridized carbons (Fsp3) is 0.889. The average Bonchev–Trinajstić information content (AvgIpc) is 3.34. The Morgan fingerprint density at radius 1 is 1.14 bits per heavy atom. The van der Waals surface area contributed by atoms with Gasteiger partial charge in [0.1, 0.15) is 0 Å². The van der Waals surface area contributed by atoms with E-state index in [-0.39, 0.29) is 0 Å². The molecule has 0 N–H and O–H groups in total. The lowest BCUT2D eigenvalue weighted by molar-refractivity contribution is -0.134. The van der Waals surface area contributed by atoms with Crippen LogP contribution >= 0.6 is 0 Å². The molecule has 0 aromatic heterocycles. The monoisotopic (exact) mass is 306 g/mol. The minimum Gasteiger partial charge on any atom is -0.343 e. The number of carbonyl (C=O) groups is 2. The third kappa shape index (κ3) is 3.64. The van der Waals surface area contributed by atoms with Gasteiger partial charge in [-0.3, -0.25) is 9.59 Å². The van der Waals surface area contributed by atoms with Crippen molar-refractivity contribution in [3.8, 4) is 0 Å². The maximum atomic E-state index is 12.3. The zero-order chi connectivity index (χ0) is 15.6. The van der Waals surface area contributed by atoms with Crippen LogP contribution in [0, 0.1) is 11.3 Å². The second kappa shape index (κ2) is 6.59. The van der Waals surface area contributed by atoms with Gasteiger partial charge in [0.25, 0.3) is 0 Å². The van der Waals surface area contributed by atoms with E-state index in [0.717, 1.165) is 70.6 Å². The minimum atomic E-state index is 0.316. The van der Waals surface area contributed by atoms with E-state index in [9.17, 15) is 9.59 Å². The highest BCUT2D eigenvalue weighted by Crippen LogP contribution is 2.42. The molecule has 0 aromatic rings. The molecule has 0 radical (unpaired) electrons. The van der Waals surface area contributed by atoms with Gasteiger partial charge in [-0.05, 0) is 56.3 Å². The molecule has 2 amide bonds. The van der Waals surface area contributed by atoms with Gasteiger partial charge in [0, 0.05) is 39.0 Å². The Hall–Kier alpha value is -1.06. The Morgan fingerprint density at radius 2 is 1.82 bits per heavy atom. The number of likely N-dealkylation sites (tertiary alicyclic amines) is 2. The van der Waals surface area contributed by atoms with E-state index in [1.165, 1.54) is 12.8 Å². The standard InChI is InChI=1S/C18H30N2O2/c1-2-3-16(21)19-11-8-18(9-12-19)7-6-17(22)20(13-10-18)14-15-4-5-15/h15H,2-14H2,1H3. The zero-order valence-corrected chi connectivity index (χ0v) is 14.0. The maximum absolute atomic E-state index is 12.3. The van der Waals surface area contributed by atoms with Crippen molar-refractivity contribution < 1.29 is 9.59 Å². The van der Waals surface area contributed by atoms with Gasteiger partial charge in [-0.2, -0.15) is 0 Å². The van der Waals surface area contributed by atoms with Crippen LogP contribution < -0.4 is 0 Å². The molecule has 124 valence electrons. The van der Waals surface area contributed by atoms with E-state index >= 15 is 0 Å². The van der Waals surface area contributed by atoms with Crippen LogP contribution in [0.3, 0.4) is 0 Å². The van der Waals surface area contributed by atoms with Crippen molar-refractivity contribution in [2.75, 3.05) is 26.2 Å². The van der Waals surface area contributed by atoms with Gasteiger partial charge in [-0.15, -0.1) is 0 Å². The summed E-state index contributed by atoms with van der Waals surface area (Å²) in [4.78, 5) is 28.5. The quantitative estimate of drug-likeness (QED) is 0.801. The Balaban J connectivity index is 1.54. The number of hydrogen-bond acceptors (Lipinski definition) is 2. The summed E-state index contributed by atoms with van der Waals surface area (Å²) in [6.07, 6.45) is 9.30. The SMILES string of the molecule is CCCC(=O)N1CCC2(CCC(=O)N(CC3CC3)CC2)CC1. The third-order valence-corrected chi connectivity index (χ3v) is 5.95. The van der Waals surface area contributed by atoms with Crippen LogP contribution in [0.15, 0.2) is 0 Å². The molecule has 1 aliphatic carbocycles. The molecule has 1 spiro atoms. The molecule has 4 nitrogen and oxygen atoms in total. The Labute approximate surface area is 134 Å². The molecular weight excluding hydrogens is 276 g/mol. The molecule has 3 aliphatic rings. The molecular formula is C18H30N2O2. The Bertz CT molecular complexity index is 423. The van der Waals surface area contributed by atoms with E-state index in [1.54, 1.807) is 0 Å². The zero-order valence-electron chi connectivity index (χ0n) is 14.0. The molecule has 22 heavy (non-hydrogen) atoms. The minimum absolute atomic E-state index is 0.316. The summed E-state index contributed by atoms with van der Waals surface area (Å²) >= 11 is 0. The van der Waals surface area contributed by atoms with Gasteiger partial charge in [-0.1, -0.05) is 6.92 Å². The molecule has 2 heterocycles. The fourth-order valence-corrected chi connectivity index (χ4v) is 4.06. The predicted octanol–water partition coefficient (Wildman–Crippen LogP) is 2.82. The first-order chi connectivity index (χ1) is 10.6. The molecule has 0 aromatic carbocycles. The Morgan fingerprint density at radius 3 is 2.45 bits per heavy atom. The van der Waals surface area contributed by atoms with Gasteiger partial charge in [-0.25, -0.2) is 0 Å². The highest BCUT2D eigenvalue weighted by Gasteiger charge is 2.39. The molecule has 3 fully saturated rings. The van der Waals surface area contributed by atoms with E-state index < -0.39 is 0 Å². The van der Waals surface area contributed by atoms with Crippen LogP contribution in [0.4, 0.5) is 0 Å². The molecule has 0 atom stereocenters. The highest BCUT2D eigenvalue weighted by atomic mass is 16.2. The van der Waals surface area contributed by atoms with Crippen molar-refractivity contribution in [3.05, 3.63) is 0 Å². The first-order valence-corrected chi connectivity index (χ1v) is 9.17. The van der Waals surface area contributed by atoms with Crippen LogP contribution in [0.2, 0.25) is 0 Å². The first kappa shape index (κ1) is 15.8. The van der Waals surface area contributed by atoms with Crippen LogP contribution in [0.25, 0.3) is 0 Å². The lowest BCUT2D eigenvalue weighted by Crippen LogP contribution is -2.43. The fourth-order valence-electron chi connectivity index (χ4n) is 4.06. The number of hydrogen-bond donors (Lipinski definition) is 0. The van der Waals surface area contributed by atoms with Gasteiger partial charge in [0.2, 0.25) is 11.8 Å². The summed E-state index contributed by atoms with van der Waals surface area (Å²) in [6.45, 7) is 5.80. The lowest BCUT2D eigenvalue weighted by Gasteiger charge is -2.41. The summed E-state index contributed by atoms with van der Waals surface area (Å²) in [7, 11) is 0. The summed E-state index contributed by atoms with van der Waals surface area (Å²) in [6, 6.07) is 0. The highest BCUT2D eigenvalue weighted by molar-refractivity contribution is 5.77. The summed E-state index contributed by atoms with van der Waals surface area (Å²) in [5.74, 6) is 1.47. The Kier molecular flexibility index (Phi) is 4.74. The van der Waals surface area contributed by atoms with Crippen molar-refractivity contribution in [2.24, 2.45) is 11.3 Å². The first-order valence-electron chi connectivity index (χ1n) is 9.17. The van der Waals surface area contributed by atoms with E-state index in [4.69, 9.17) is 0 Å². The van der Waals surface area contributed by atoms with E-state index in [2.05, 4.69) is 11.8 Å². The topological polar surface area (TPSA) is 40.6 Å². The van der Waals surface area contributed by atoms with Gasteiger partial charge >= 0.3 is 0 Å². The molecule has 4 heteroatoms. The molecule has 0 unspecified atom stereocenters. The van der Waals surface area contributed by atoms with Crippen molar-refractivity contribution in [2.45, 2.75) is 64.7 Å². The molecule has 1 saturated carbocycles. The summed E-state index contributed by atoms with van der Waals surface area (Å²) in [5, 5.41) is 0. The summed E-state index contributed by atoms with van der Waals surface area (Å²) < 4.78 is 0. The number of nitrogens with zero attached hydrogens (tertiary/aromatic N) is 2. The van der Waals surface area contributed by atoms with Crippen LogP contribution in [-0.4, -0.2) is 47.8 Å². The van der Waals surface area contributed by atoms with E-state index in [1.807, 2.05) is 4.90 Å². The molecule has 0 bridgehead atoms. The van der Waals surface area contributed by atoms with Crippen molar-refractivity contribution in [1.82, 2.24) is 9.80 Å². The number of carbonyl (C=O) groups excluding carboxylic acids is 2. The largest absolute Gasteiger partial charge is 0.343 e. The molecule has 2 saturated heterocycles. The smallest absolute Gasteiger partial charge is 0.222 e. The van der Waals surface area contributed by atoms with Crippen LogP contribution in [-0.2, 0) is 9.59 Å². The van der Waals surface area contributed by atoms with Gasteiger partial charge in [0.15, 0.2) is 0 Å². The average molecular weight is 306 g/mol. The second-order valence-electron chi connectivity index (χ2n) is 7.66. The third-order valence-electron chi connectivity index (χ3n) is 5.95. The number of amides is 2. The maximum Gasteiger partial charge on any atom is 0.222 e. The van der Waals surface area contributed by atoms with E-state index in [0.29, 0.717) is 23.7 Å². The normalized spacial score (nSPS) is 25.4. The molecule has 2 aliphatic heterocycles. The second-order valence-corrected chi connectivity index (χ2v) is 7.66. The number of piperidine rings is 1. The van der Waals surface area contributed by atoms with Gasteiger partial charge < -0.3 is 9.80 Å². The van der Waals surface area contributed by atoms with Crippen molar-refractivity contribution >= 4 is 11.8 Å². The van der Waals surface area contributed by atoms with Crippen molar-refractivity contribution in [3.63, 3.8) is 0 Å². The predicted molar refractivity (Wildman–Crippen MR) is 86.3 cm³/mol. The van der Waals surface area contributed by atoms with Crippen LogP contribution in [0.1, 0.15) is 64.7 Å². The number of rotatable bonds is 4. The lowest BCUT2D eigenvalue weighted by atomic mass is 9.73. The molecule has 3 rings (SSSR count).